The molecule has 0 bridgehead atoms. The van der Waals surface area contributed by atoms with Crippen molar-refractivity contribution in [3.8, 4) is 0 Å². The van der Waals surface area contributed by atoms with Gasteiger partial charge >= 0.3 is 11.9 Å². The minimum absolute atomic E-state index is 0.0290. The van der Waals surface area contributed by atoms with Gasteiger partial charge in [-0.15, -0.1) is 0 Å². The zero-order valence-electron chi connectivity index (χ0n) is 62.0. The zero-order valence-corrected chi connectivity index (χ0v) is 62.9. The number of esters is 2. The summed E-state index contributed by atoms with van der Waals surface area (Å²) in [6.45, 7) is 4.30. The summed E-state index contributed by atoms with van der Waals surface area (Å²) >= 11 is 0. The lowest BCUT2D eigenvalue weighted by atomic mass is 10.0. The van der Waals surface area contributed by atoms with E-state index in [2.05, 4.69) is 62.5 Å². The monoisotopic (exact) mass is 1310 g/mol. The van der Waals surface area contributed by atoms with Gasteiger partial charge in [-0.2, -0.15) is 0 Å². The molecule has 9 nitrogen and oxygen atoms in total. The maximum Gasteiger partial charge on any atom is 0.306 e. The van der Waals surface area contributed by atoms with E-state index in [4.69, 9.17) is 18.5 Å². The molecule has 10 heteroatoms. The summed E-state index contributed by atoms with van der Waals surface area (Å²) in [4.78, 5) is 38.2. The highest BCUT2D eigenvalue weighted by Crippen LogP contribution is 2.38. The molecule has 0 radical (unpaired) electrons. The molecule has 0 rings (SSSR count). The van der Waals surface area contributed by atoms with Crippen molar-refractivity contribution in [3.63, 3.8) is 0 Å². The first-order valence-corrected chi connectivity index (χ1v) is 41.8. The Morgan fingerprint density at radius 1 is 0.337 bits per heavy atom. The first-order chi connectivity index (χ1) is 45.0. The molecule has 0 spiro atoms. The van der Waals surface area contributed by atoms with Gasteiger partial charge in [-0.25, -0.2) is 0 Å². The van der Waals surface area contributed by atoms with Crippen molar-refractivity contribution >= 4 is 19.8 Å². The second kappa shape index (κ2) is 73.2. The maximum atomic E-state index is 12.9. The number of phosphoric ester groups is 1. The van der Waals surface area contributed by atoms with Crippen LogP contribution in [0.1, 0.15) is 412 Å². The topological polar surface area (TPSA) is 111 Å². The first-order valence-electron chi connectivity index (χ1n) is 40.3. The van der Waals surface area contributed by atoms with Gasteiger partial charge < -0.3 is 27.9 Å². The highest BCUT2D eigenvalue weighted by molar-refractivity contribution is 7.45. The zero-order chi connectivity index (χ0) is 66.9. The maximum absolute atomic E-state index is 12.9. The summed E-state index contributed by atoms with van der Waals surface area (Å²) in [5, 5.41) is 0. The summed E-state index contributed by atoms with van der Waals surface area (Å²) < 4.78 is 34.4. The molecule has 0 aromatic carbocycles. The highest BCUT2D eigenvalue weighted by Gasteiger charge is 2.22. The van der Waals surface area contributed by atoms with E-state index in [1.807, 2.05) is 21.1 Å². The minimum Gasteiger partial charge on any atom is -0.756 e. The van der Waals surface area contributed by atoms with E-state index in [1.165, 1.54) is 327 Å². The van der Waals surface area contributed by atoms with E-state index in [0.717, 1.165) is 51.4 Å². The molecular weight excluding hydrogens is 1160 g/mol. The Balaban J connectivity index is 3.90. The van der Waals surface area contributed by atoms with Crippen LogP contribution in [-0.2, 0) is 32.7 Å². The highest BCUT2D eigenvalue weighted by atomic mass is 31.2. The number of likely N-dealkylation sites (N-methyl/N-ethyl adjacent to an activating group) is 1. The van der Waals surface area contributed by atoms with Crippen LogP contribution >= 0.6 is 7.82 Å². The van der Waals surface area contributed by atoms with Gasteiger partial charge in [0.25, 0.3) is 7.82 Å². The van der Waals surface area contributed by atoms with Crippen molar-refractivity contribution in [2.45, 2.75) is 418 Å². The van der Waals surface area contributed by atoms with E-state index in [1.54, 1.807) is 0 Å². The largest absolute Gasteiger partial charge is 0.756 e. The molecular formula is C82H156NO8P. The minimum atomic E-state index is -4.64. The molecule has 2 unspecified atom stereocenters. The average Bonchev–Trinajstić information content (AvgIpc) is 2.14. The van der Waals surface area contributed by atoms with E-state index >= 15 is 0 Å². The fourth-order valence-corrected chi connectivity index (χ4v) is 12.9. The molecule has 0 fully saturated rings. The van der Waals surface area contributed by atoms with Crippen LogP contribution in [0.4, 0.5) is 0 Å². The fraction of sp³-hybridized carbons (Fsp3) is 0.878. The van der Waals surface area contributed by atoms with Crippen LogP contribution in [0.5, 0.6) is 0 Å². The lowest BCUT2D eigenvalue weighted by Gasteiger charge is -2.28. The smallest absolute Gasteiger partial charge is 0.306 e. The second-order valence-corrected chi connectivity index (χ2v) is 30.2. The van der Waals surface area contributed by atoms with Crippen LogP contribution in [0.25, 0.3) is 0 Å². The van der Waals surface area contributed by atoms with Crippen LogP contribution in [0, 0.1) is 0 Å². The third kappa shape index (κ3) is 77.0. The number of carbonyl (C=O) groups is 2. The number of phosphoric acid groups is 1. The molecule has 0 heterocycles. The molecule has 0 aromatic heterocycles. The second-order valence-electron chi connectivity index (χ2n) is 28.8. The number of hydrogen-bond acceptors (Lipinski definition) is 8. The number of quaternary nitrogens is 1. The van der Waals surface area contributed by atoms with Crippen molar-refractivity contribution in [2.75, 3.05) is 47.5 Å². The lowest BCUT2D eigenvalue weighted by molar-refractivity contribution is -0.870. The predicted molar refractivity (Wildman–Crippen MR) is 397 cm³/mol. The number of ether oxygens (including phenoxy) is 2. The van der Waals surface area contributed by atoms with E-state index in [0.29, 0.717) is 17.4 Å². The summed E-state index contributed by atoms with van der Waals surface area (Å²) in [5.74, 6) is -0.813. The van der Waals surface area contributed by atoms with Crippen molar-refractivity contribution in [1.82, 2.24) is 0 Å². The number of rotatable bonds is 76. The number of nitrogens with zero attached hydrogens (tertiary/aromatic N) is 1. The van der Waals surface area contributed by atoms with E-state index < -0.39 is 26.5 Å². The lowest BCUT2D eigenvalue weighted by Crippen LogP contribution is -2.37. The molecule has 0 amide bonds. The van der Waals surface area contributed by atoms with Crippen molar-refractivity contribution in [1.29, 1.82) is 0 Å². The summed E-state index contributed by atoms with van der Waals surface area (Å²) in [6.07, 6.45) is 96.7. The Hall–Kier alpha value is -2.03. The Morgan fingerprint density at radius 2 is 0.587 bits per heavy atom. The Bertz CT molecular complexity index is 1690. The molecule has 0 saturated carbocycles. The summed E-state index contributed by atoms with van der Waals surface area (Å²) in [6, 6.07) is 0. The van der Waals surface area contributed by atoms with Gasteiger partial charge in [0.1, 0.15) is 19.8 Å². The first kappa shape index (κ1) is 90.0. The van der Waals surface area contributed by atoms with Crippen LogP contribution in [0.15, 0.2) is 48.6 Å². The van der Waals surface area contributed by atoms with Gasteiger partial charge in [-0.1, -0.05) is 371 Å². The Labute approximate surface area is 573 Å². The Kier molecular flexibility index (Phi) is 71.6. The predicted octanol–water partition coefficient (Wildman–Crippen LogP) is 26.1. The summed E-state index contributed by atoms with van der Waals surface area (Å²) in [7, 11) is 1.18. The van der Waals surface area contributed by atoms with E-state index in [9.17, 15) is 19.0 Å². The molecule has 0 aliphatic carbocycles. The third-order valence-corrected chi connectivity index (χ3v) is 19.3. The molecule has 0 N–H and O–H groups in total. The molecule has 0 aromatic rings. The van der Waals surface area contributed by atoms with Crippen LogP contribution in [0.3, 0.4) is 0 Å². The van der Waals surface area contributed by atoms with Crippen LogP contribution < -0.4 is 4.89 Å². The molecule has 2 atom stereocenters. The molecule has 92 heavy (non-hydrogen) atoms. The normalized spacial score (nSPS) is 13.2. The molecule has 0 saturated heterocycles. The quantitative estimate of drug-likeness (QED) is 0.0195. The van der Waals surface area contributed by atoms with Crippen molar-refractivity contribution in [3.05, 3.63) is 48.6 Å². The molecule has 0 aliphatic rings. The average molecular weight is 1320 g/mol. The third-order valence-electron chi connectivity index (χ3n) is 18.3. The van der Waals surface area contributed by atoms with E-state index in [-0.39, 0.29) is 32.0 Å². The van der Waals surface area contributed by atoms with Crippen molar-refractivity contribution < 1.29 is 42.1 Å². The summed E-state index contributed by atoms with van der Waals surface area (Å²) in [5.41, 5.74) is 0. The van der Waals surface area contributed by atoms with Gasteiger partial charge in [-0.3, -0.25) is 14.2 Å². The molecule has 542 valence electrons. The number of unbranched alkanes of at least 4 members (excludes halogenated alkanes) is 54. The standard InChI is InChI=1S/C82H156NO8P/c1-6-8-10-12-14-16-18-20-22-24-26-28-30-32-34-36-37-38-39-40-41-42-43-44-45-47-48-50-52-54-56-58-60-62-64-66-68-70-72-74-81(84)88-78-80(79-90-92(86,87)89-77-76-83(3,4)5)91-82(85)75-73-71-69-67-65-63-61-59-57-55-53-51-49-46-35-33-31-29-27-25-23-21-19-17-15-13-11-9-7-2/h19,21,24-27,31,33,80H,6-18,20,22-23,28-30,32,34-79H2,1-5H3/b21-19-,26-24-,27-25-,33-31-. The van der Waals surface area contributed by atoms with Crippen molar-refractivity contribution in [2.24, 2.45) is 0 Å². The Morgan fingerprint density at radius 3 is 0.880 bits per heavy atom. The SMILES string of the molecule is CCCCCCC/C=C\C/C=C\C/C=C\CCCCCCCCCCCCCCCCC(=O)OC(COC(=O)CCCCCCCCCCCCCCCCCCCCCCCCCCCCC/C=C\CCCCCCCCCC)COP(=O)([O-])OCC[N+](C)(C)C. The number of hydrogen-bond donors (Lipinski definition) is 0. The van der Waals surface area contributed by atoms with Gasteiger partial charge in [-0.05, 0) is 77.0 Å². The molecule has 0 aliphatic heterocycles. The number of allylic oxidation sites excluding steroid dienone is 8. The fourth-order valence-electron chi connectivity index (χ4n) is 12.1. The van der Waals surface area contributed by atoms with Gasteiger partial charge in [0.05, 0.1) is 27.7 Å². The van der Waals surface area contributed by atoms with Gasteiger partial charge in [0, 0.05) is 12.8 Å². The van der Waals surface area contributed by atoms with Gasteiger partial charge in [0.2, 0.25) is 0 Å². The van der Waals surface area contributed by atoms with Crippen LogP contribution in [0.2, 0.25) is 0 Å². The number of carbonyl (C=O) groups excluding carboxylic acids is 2. The van der Waals surface area contributed by atoms with Crippen LogP contribution in [-0.4, -0.2) is 70.0 Å². The van der Waals surface area contributed by atoms with Gasteiger partial charge in [0.15, 0.2) is 6.10 Å².